The minimum absolute atomic E-state index is 0.250. The topological polar surface area (TPSA) is 56.1 Å². The second-order valence-corrected chi connectivity index (χ2v) is 5.02. The molecular formula is C15H19N3O2. The number of ether oxygens (including phenoxy) is 2. The van der Waals surface area contributed by atoms with Gasteiger partial charge in [0.15, 0.2) is 0 Å². The van der Waals surface area contributed by atoms with Crippen LogP contribution in [0.25, 0.3) is 0 Å². The van der Waals surface area contributed by atoms with Crippen molar-refractivity contribution in [1.82, 2.24) is 4.98 Å². The molecule has 20 heavy (non-hydrogen) atoms. The van der Waals surface area contributed by atoms with Gasteiger partial charge in [0.05, 0.1) is 12.1 Å². The average molecular weight is 273 g/mol. The van der Waals surface area contributed by atoms with E-state index >= 15 is 0 Å². The zero-order valence-corrected chi connectivity index (χ0v) is 11.9. The van der Waals surface area contributed by atoms with Crippen molar-refractivity contribution < 1.29 is 9.47 Å². The van der Waals surface area contributed by atoms with Crippen molar-refractivity contribution in [3.63, 3.8) is 0 Å². The highest BCUT2D eigenvalue weighted by Gasteiger charge is 2.22. The van der Waals surface area contributed by atoms with E-state index in [1.54, 1.807) is 0 Å². The first-order chi connectivity index (χ1) is 9.80. The molecule has 0 spiro atoms. The second kappa shape index (κ2) is 5.61. The maximum absolute atomic E-state index is 5.61. The quantitative estimate of drug-likeness (QED) is 0.845. The molecule has 0 radical (unpaired) electrons. The van der Waals surface area contributed by atoms with E-state index in [1.165, 1.54) is 0 Å². The van der Waals surface area contributed by atoms with Crippen molar-refractivity contribution >= 4 is 11.8 Å². The molecule has 2 aliphatic heterocycles. The summed E-state index contributed by atoms with van der Waals surface area (Å²) in [5, 5.41) is 0. The fraction of sp³-hybridized carbons (Fsp3) is 0.533. The molecule has 3 rings (SSSR count). The summed E-state index contributed by atoms with van der Waals surface area (Å²) in [6, 6.07) is 6.26. The molecule has 0 saturated heterocycles. The van der Waals surface area contributed by atoms with Gasteiger partial charge in [-0.1, -0.05) is 19.9 Å². The third kappa shape index (κ3) is 2.53. The molecule has 0 amide bonds. The van der Waals surface area contributed by atoms with Gasteiger partial charge in [0.25, 0.3) is 0 Å². The standard InChI is InChI=1S/C15H19N3O2/c1-3-10-8-19-14(16-10)12-6-5-7-13(18-12)15-17-11(4-2)9-20-15/h5-7,10-11H,3-4,8-9H2,1-2H3. The van der Waals surface area contributed by atoms with E-state index in [9.17, 15) is 0 Å². The lowest BCUT2D eigenvalue weighted by atomic mass is 10.2. The Morgan fingerprint density at radius 2 is 1.45 bits per heavy atom. The molecule has 5 heteroatoms. The van der Waals surface area contributed by atoms with E-state index in [0.717, 1.165) is 24.2 Å². The normalized spacial score (nSPS) is 24.9. The first kappa shape index (κ1) is 13.1. The van der Waals surface area contributed by atoms with E-state index in [2.05, 4.69) is 28.8 Å². The highest BCUT2D eigenvalue weighted by Crippen LogP contribution is 2.16. The largest absolute Gasteiger partial charge is 0.474 e. The Kier molecular flexibility index (Phi) is 3.67. The highest BCUT2D eigenvalue weighted by atomic mass is 16.5. The average Bonchev–Trinajstić information content (AvgIpc) is 3.16. The van der Waals surface area contributed by atoms with Gasteiger partial charge in [0, 0.05) is 0 Å². The van der Waals surface area contributed by atoms with Gasteiger partial charge in [-0.05, 0) is 25.0 Å². The summed E-state index contributed by atoms with van der Waals surface area (Å²) < 4.78 is 11.2. The van der Waals surface area contributed by atoms with E-state index in [0.29, 0.717) is 25.0 Å². The highest BCUT2D eigenvalue weighted by molar-refractivity contribution is 5.97. The molecule has 1 aromatic heterocycles. The zero-order valence-electron chi connectivity index (χ0n) is 11.9. The molecule has 0 bridgehead atoms. The Balaban J connectivity index is 1.84. The summed E-state index contributed by atoms with van der Waals surface area (Å²) in [7, 11) is 0. The lowest BCUT2D eigenvalue weighted by Gasteiger charge is -2.04. The molecule has 5 nitrogen and oxygen atoms in total. The summed E-state index contributed by atoms with van der Waals surface area (Å²) in [6.07, 6.45) is 1.97. The van der Waals surface area contributed by atoms with Crippen LogP contribution in [0.3, 0.4) is 0 Å². The van der Waals surface area contributed by atoms with Gasteiger partial charge in [-0.25, -0.2) is 15.0 Å². The zero-order chi connectivity index (χ0) is 13.9. The Morgan fingerprint density at radius 3 is 1.85 bits per heavy atom. The van der Waals surface area contributed by atoms with Crippen LogP contribution >= 0.6 is 0 Å². The first-order valence-corrected chi connectivity index (χ1v) is 7.19. The maximum Gasteiger partial charge on any atom is 0.235 e. The van der Waals surface area contributed by atoms with Gasteiger partial charge in [-0.2, -0.15) is 0 Å². The summed E-state index contributed by atoms with van der Waals surface area (Å²) in [6.45, 7) is 5.51. The van der Waals surface area contributed by atoms with E-state index in [1.807, 2.05) is 18.2 Å². The SMILES string of the molecule is CCC1COC(c2cccc(C3=NC(CC)CO3)n2)=N1. The second-order valence-electron chi connectivity index (χ2n) is 5.02. The fourth-order valence-corrected chi connectivity index (χ4v) is 2.20. The molecular weight excluding hydrogens is 254 g/mol. The Labute approximate surface area is 118 Å². The number of nitrogens with zero attached hydrogens (tertiary/aromatic N) is 3. The number of hydrogen-bond acceptors (Lipinski definition) is 5. The van der Waals surface area contributed by atoms with Gasteiger partial charge in [-0.3, -0.25) is 0 Å². The molecule has 0 aromatic carbocycles. The van der Waals surface area contributed by atoms with E-state index in [-0.39, 0.29) is 12.1 Å². The van der Waals surface area contributed by atoms with Crippen molar-refractivity contribution in [2.24, 2.45) is 9.98 Å². The van der Waals surface area contributed by atoms with E-state index in [4.69, 9.17) is 9.47 Å². The lowest BCUT2D eigenvalue weighted by molar-refractivity contribution is 0.313. The van der Waals surface area contributed by atoms with Crippen molar-refractivity contribution in [3.05, 3.63) is 29.6 Å². The Morgan fingerprint density at radius 1 is 0.950 bits per heavy atom. The van der Waals surface area contributed by atoms with Crippen LogP contribution < -0.4 is 0 Å². The minimum Gasteiger partial charge on any atom is -0.474 e. The number of aliphatic imine (C=N–C) groups is 2. The van der Waals surface area contributed by atoms with E-state index < -0.39 is 0 Å². The van der Waals surface area contributed by atoms with Crippen molar-refractivity contribution in [2.75, 3.05) is 13.2 Å². The Hall–Kier alpha value is -1.91. The molecule has 106 valence electrons. The van der Waals surface area contributed by atoms with Gasteiger partial charge in [0.2, 0.25) is 11.8 Å². The third-order valence-electron chi connectivity index (χ3n) is 3.55. The molecule has 3 heterocycles. The monoisotopic (exact) mass is 273 g/mol. The van der Waals surface area contributed by atoms with Crippen LogP contribution in [0.1, 0.15) is 38.1 Å². The van der Waals surface area contributed by atoms with Crippen LogP contribution in [0.2, 0.25) is 0 Å². The summed E-state index contributed by atoms with van der Waals surface area (Å²) >= 11 is 0. The molecule has 2 aliphatic rings. The number of hydrogen-bond donors (Lipinski definition) is 0. The van der Waals surface area contributed by atoms with Crippen molar-refractivity contribution in [3.8, 4) is 0 Å². The number of aromatic nitrogens is 1. The van der Waals surface area contributed by atoms with Crippen LogP contribution in [0, 0.1) is 0 Å². The molecule has 0 fully saturated rings. The maximum atomic E-state index is 5.61. The molecule has 2 unspecified atom stereocenters. The first-order valence-electron chi connectivity index (χ1n) is 7.19. The summed E-state index contributed by atoms with van der Waals surface area (Å²) in [5.41, 5.74) is 1.51. The number of pyridine rings is 1. The van der Waals surface area contributed by atoms with Crippen LogP contribution in [0.15, 0.2) is 28.2 Å². The van der Waals surface area contributed by atoms with Gasteiger partial charge >= 0.3 is 0 Å². The van der Waals surface area contributed by atoms with Gasteiger partial charge < -0.3 is 9.47 Å². The fourth-order valence-electron chi connectivity index (χ4n) is 2.20. The van der Waals surface area contributed by atoms with Crippen molar-refractivity contribution in [2.45, 2.75) is 38.8 Å². The van der Waals surface area contributed by atoms with Gasteiger partial charge in [0.1, 0.15) is 24.6 Å². The molecule has 0 saturated carbocycles. The minimum atomic E-state index is 0.250. The third-order valence-corrected chi connectivity index (χ3v) is 3.55. The molecule has 1 aromatic rings. The predicted molar refractivity (Wildman–Crippen MR) is 77.4 cm³/mol. The van der Waals surface area contributed by atoms with Crippen molar-refractivity contribution in [1.29, 1.82) is 0 Å². The summed E-state index contributed by atoms with van der Waals surface area (Å²) in [5.74, 6) is 1.26. The smallest absolute Gasteiger partial charge is 0.235 e. The number of rotatable bonds is 4. The van der Waals surface area contributed by atoms with Crippen LogP contribution in [0.5, 0.6) is 0 Å². The lowest BCUT2D eigenvalue weighted by Crippen LogP contribution is -2.10. The van der Waals surface area contributed by atoms with Crippen LogP contribution in [0.4, 0.5) is 0 Å². The molecule has 2 atom stereocenters. The van der Waals surface area contributed by atoms with Gasteiger partial charge in [-0.15, -0.1) is 0 Å². The molecule has 0 N–H and O–H groups in total. The Bertz CT molecular complexity index is 509. The van der Waals surface area contributed by atoms with Crippen LogP contribution in [-0.4, -0.2) is 42.1 Å². The summed E-state index contributed by atoms with van der Waals surface area (Å²) in [4.78, 5) is 13.6. The van der Waals surface area contributed by atoms with Crippen LogP contribution in [-0.2, 0) is 9.47 Å². The molecule has 0 aliphatic carbocycles. The predicted octanol–water partition coefficient (Wildman–Crippen LogP) is 2.19.